The number of oxime groups is 1. The zero-order valence-electron chi connectivity index (χ0n) is 9.82. The molecule has 0 spiro atoms. The average molecular weight is 213 g/mol. The zero-order chi connectivity index (χ0) is 11.3. The topological polar surface area (TPSA) is 61.9 Å². The molecule has 1 aliphatic rings. The highest BCUT2D eigenvalue weighted by atomic mass is 16.4. The molecule has 0 aromatic carbocycles. The minimum atomic E-state index is 0.111. The van der Waals surface area contributed by atoms with E-state index < -0.39 is 0 Å². The molecule has 1 fully saturated rings. The molecule has 2 unspecified atom stereocenters. The first-order valence-electron chi connectivity index (χ1n) is 5.90. The van der Waals surface area contributed by atoms with Gasteiger partial charge in [-0.1, -0.05) is 19.0 Å². The molecule has 4 heteroatoms. The molecular weight excluding hydrogens is 190 g/mol. The van der Waals surface area contributed by atoms with Crippen LogP contribution in [0.15, 0.2) is 5.16 Å². The molecule has 3 N–H and O–H groups in total. The second-order valence-corrected chi connectivity index (χ2v) is 4.52. The Balaban J connectivity index is 2.59. The van der Waals surface area contributed by atoms with Gasteiger partial charge < -0.3 is 10.9 Å². The fourth-order valence-electron chi connectivity index (χ4n) is 2.32. The lowest BCUT2D eigenvalue weighted by molar-refractivity contribution is 0.234. The van der Waals surface area contributed by atoms with Crippen LogP contribution in [0.4, 0.5) is 0 Å². The van der Waals surface area contributed by atoms with Crippen LogP contribution in [0, 0.1) is 5.92 Å². The summed E-state index contributed by atoms with van der Waals surface area (Å²) in [6.07, 6.45) is 4.64. The maximum Gasteiger partial charge on any atom is 0.156 e. The van der Waals surface area contributed by atoms with Gasteiger partial charge in [-0.2, -0.15) is 0 Å². The van der Waals surface area contributed by atoms with E-state index in [9.17, 15) is 0 Å². The predicted molar refractivity (Wildman–Crippen MR) is 62.1 cm³/mol. The molecule has 4 nitrogen and oxygen atoms in total. The third-order valence-electron chi connectivity index (χ3n) is 3.34. The van der Waals surface area contributed by atoms with E-state index in [2.05, 4.69) is 23.9 Å². The molecule has 0 saturated carbocycles. The first-order valence-corrected chi connectivity index (χ1v) is 5.90. The van der Waals surface area contributed by atoms with Crippen LogP contribution in [0.1, 0.15) is 39.5 Å². The van der Waals surface area contributed by atoms with Gasteiger partial charge in [-0.15, -0.1) is 0 Å². The van der Waals surface area contributed by atoms with Crippen molar-refractivity contribution in [1.82, 2.24) is 4.90 Å². The van der Waals surface area contributed by atoms with Crippen LogP contribution in [0.2, 0.25) is 0 Å². The molecule has 0 aromatic rings. The Bertz CT molecular complexity index is 218. The third kappa shape index (κ3) is 3.38. The smallest absolute Gasteiger partial charge is 0.156 e. The first kappa shape index (κ1) is 12.3. The van der Waals surface area contributed by atoms with E-state index in [0.717, 1.165) is 25.4 Å². The Hall–Kier alpha value is -0.770. The SMILES string of the molecule is CCC(C(N)=NO)N1CCCC(C)CC1. The molecule has 1 heterocycles. The summed E-state index contributed by atoms with van der Waals surface area (Å²) in [5, 5.41) is 11.9. The van der Waals surface area contributed by atoms with Crippen molar-refractivity contribution in [3.8, 4) is 0 Å². The lowest BCUT2D eigenvalue weighted by Gasteiger charge is -2.28. The summed E-state index contributed by atoms with van der Waals surface area (Å²) in [4.78, 5) is 2.35. The lowest BCUT2D eigenvalue weighted by Crippen LogP contribution is -2.45. The van der Waals surface area contributed by atoms with Gasteiger partial charge >= 0.3 is 0 Å². The van der Waals surface area contributed by atoms with Gasteiger partial charge in [0.25, 0.3) is 0 Å². The monoisotopic (exact) mass is 213 g/mol. The first-order chi connectivity index (χ1) is 7.19. The van der Waals surface area contributed by atoms with Crippen molar-refractivity contribution >= 4 is 5.84 Å². The van der Waals surface area contributed by atoms with Crippen LogP contribution in [-0.2, 0) is 0 Å². The zero-order valence-corrected chi connectivity index (χ0v) is 9.82. The number of hydrogen-bond donors (Lipinski definition) is 2. The van der Waals surface area contributed by atoms with Gasteiger partial charge in [0.1, 0.15) is 0 Å². The molecule has 88 valence electrons. The number of nitrogens with two attached hydrogens (primary N) is 1. The van der Waals surface area contributed by atoms with Gasteiger partial charge in [0.05, 0.1) is 6.04 Å². The van der Waals surface area contributed by atoms with Gasteiger partial charge in [-0.3, -0.25) is 4.90 Å². The van der Waals surface area contributed by atoms with Crippen molar-refractivity contribution in [2.75, 3.05) is 13.1 Å². The molecule has 15 heavy (non-hydrogen) atoms. The van der Waals surface area contributed by atoms with E-state index in [-0.39, 0.29) is 6.04 Å². The molecule has 1 saturated heterocycles. The van der Waals surface area contributed by atoms with E-state index in [1.165, 1.54) is 19.3 Å². The molecule has 1 rings (SSSR count). The summed E-state index contributed by atoms with van der Waals surface area (Å²) in [6, 6.07) is 0.111. The summed E-state index contributed by atoms with van der Waals surface area (Å²) in [6.45, 7) is 6.51. The number of rotatable bonds is 3. The van der Waals surface area contributed by atoms with Crippen molar-refractivity contribution in [1.29, 1.82) is 0 Å². The van der Waals surface area contributed by atoms with Crippen molar-refractivity contribution in [2.45, 2.75) is 45.6 Å². The summed E-state index contributed by atoms with van der Waals surface area (Å²) in [5.41, 5.74) is 5.70. The fourth-order valence-corrected chi connectivity index (χ4v) is 2.32. The number of hydrogen-bond acceptors (Lipinski definition) is 3. The molecule has 0 bridgehead atoms. The van der Waals surface area contributed by atoms with E-state index in [0.29, 0.717) is 5.84 Å². The highest BCUT2D eigenvalue weighted by Crippen LogP contribution is 2.19. The Labute approximate surface area is 92.1 Å². The standard InChI is InChI=1S/C11H23N3O/c1-3-10(11(12)13-15)14-7-4-5-9(2)6-8-14/h9-10,15H,3-8H2,1-2H3,(H2,12,13). The van der Waals surface area contributed by atoms with Crippen LogP contribution in [0.3, 0.4) is 0 Å². The second kappa shape index (κ2) is 5.95. The summed E-state index contributed by atoms with van der Waals surface area (Å²) < 4.78 is 0. The molecule has 0 aromatic heterocycles. The number of nitrogens with zero attached hydrogens (tertiary/aromatic N) is 2. The molecular formula is C11H23N3O. The number of likely N-dealkylation sites (tertiary alicyclic amines) is 1. The largest absolute Gasteiger partial charge is 0.409 e. The number of amidine groups is 1. The third-order valence-corrected chi connectivity index (χ3v) is 3.34. The maximum absolute atomic E-state index is 8.73. The van der Waals surface area contributed by atoms with Crippen molar-refractivity contribution in [3.05, 3.63) is 0 Å². The Morgan fingerprint density at radius 2 is 2.27 bits per heavy atom. The minimum Gasteiger partial charge on any atom is -0.409 e. The fraction of sp³-hybridized carbons (Fsp3) is 0.909. The Kier molecular flexibility index (Phi) is 4.88. The second-order valence-electron chi connectivity index (χ2n) is 4.52. The molecule has 2 atom stereocenters. The summed E-state index contributed by atoms with van der Waals surface area (Å²) in [5.74, 6) is 1.16. The predicted octanol–water partition coefficient (Wildman–Crippen LogP) is 1.63. The Morgan fingerprint density at radius 3 is 2.87 bits per heavy atom. The van der Waals surface area contributed by atoms with Gasteiger partial charge in [0.2, 0.25) is 0 Å². The van der Waals surface area contributed by atoms with Crippen LogP contribution in [-0.4, -0.2) is 35.1 Å². The van der Waals surface area contributed by atoms with Crippen molar-refractivity contribution < 1.29 is 5.21 Å². The van der Waals surface area contributed by atoms with Crippen LogP contribution in [0.5, 0.6) is 0 Å². The van der Waals surface area contributed by atoms with Gasteiger partial charge in [-0.05, 0) is 44.7 Å². The van der Waals surface area contributed by atoms with Crippen LogP contribution in [0.25, 0.3) is 0 Å². The van der Waals surface area contributed by atoms with E-state index >= 15 is 0 Å². The maximum atomic E-state index is 8.73. The highest BCUT2D eigenvalue weighted by molar-refractivity contribution is 5.85. The van der Waals surface area contributed by atoms with E-state index in [4.69, 9.17) is 10.9 Å². The van der Waals surface area contributed by atoms with Gasteiger partial charge in [0.15, 0.2) is 5.84 Å². The molecule has 0 aliphatic carbocycles. The molecule has 0 amide bonds. The van der Waals surface area contributed by atoms with E-state index in [1.807, 2.05) is 0 Å². The lowest BCUT2D eigenvalue weighted by atomic mass is 10.0. The quantitative estimate of drug-likeness (QED) is 0.324. The molecule has 0 radical (unpaired) electrons. The highest BCUT2D eigenvalue weighted by Gasteiger charge is 2.23. The van der Waals surface area contributed by atoms with Gasteiger partial charge in [0, 0.05) is 0 Å². The molecule has 1 aliphatic heterocycles. The van der Waals surface area contributed by atoms with Crippen molar-refractivity contribution in [2.24, 2.45) is 16.8 Å². The van der Waals surface area contributed by atoms with Crippen LogP contribution >= 0.6 is 0 Å². The average Bonchev–Trinajstić information content (AvgIpc) is 2.45. The van der Waals surface area contributed by atoms with Gasteiger partial charge in [-0.25, -0.2) is 0 Å². The summed E-state index contributed by atoms with van der Waals surface area (Å²) in [7, 11) is 0. The normalized spacial score (nSPS) is 27.3. The van der Waals surface area contributed by atoms with E-state index in [1.54, 1.807) is 0 Å². The summed E-state index contributed by atoms with van der Waals surface area (Å²) >= 11 is 0. The van der Waals surface area contributed by atoms with Crippen molar-refractivity contribution in [3.63, 3.8) is 0 Å². The minimum absolute atomic E-state index is 0.111. The van der Waals surface area contributed by atoms with Crippen LogP contribution < -0.4 is 5.73 Å². The Morgan fingerprint density at radius 1 is 1.53 bits per heavy atom.